The van der Waals surface area contributed by atoms with E-state index >= 15 is 0 Å². The Morgan fingerprint density at radius 2 is 1.52 bits per heavy atom. The SMILES string of the molecule is CCCCCCN(CCCCCC)C(=O)OCn1cc2cc(C[C@@H](NC(=O)N3CCC(c4cc5ccccc5[nH]c4=O)CC3)C(=O)N3CCN(C4CCN(C)CC4)CC3)cc(C)c2n1. The summed E-state index contributed by atoms with van der Waals surface area (Å²) >= 11 is 0. The Balaban J connectivity index is 1.02. The van der Waals surface area contributed by atoms with Crippen molar-refractivity contribution in [2.45, 2.75) is 129 Å². The van der Waals surface area contributed by atoms with Crippen LogP contribution in [0.25, 0.3) is 21.8 Å². The highest BCUT2D eigenvalue weighted by Crippen LogP contribution is 2.28. The number of benzene rings is 2. The Bertz CT molecular complexity index is 2200. The Morgan fingerprint density at radius 1 is 0.828 bits per heavy atom. The molecule has 2 aromatic heterocycles. The van der Waals surface area contributed by atoms with Gasteiger partial charge in [0.2, 0.25) is 5.91 Å². The summed E-state index contributed by atoms with van der Waals surface area (Å²) in [5, 5.41) is 9.86. The van der Waals surface area contributed by atoms with Gasteiger partial charge in [0.15, 0.2) is 6.73 Å². The fourth-order valence-electron chi connectivity index (χ4n) is 10.0. The lowest BCUT2D eigenvalue weighted by Crippen LogP contribution is -2.59. The second kappa shape index (κ2) is 22.8. The number of aryl methyl sites for hydroxylation is 1. The summed E-state index contributed by atoms with van der Waals surface area (Å²) in [7, 11) is 2.18. The van der Waals surface area contributed by atoms with Gasteiger partial charge in [0, 0.05) is 87.5 Å². The van der Waals surface area contributed by atoms with E-state index in [-0.39, 0.29) is 36.2 Å². The Labute approximate surface area is 379 Å². The van der Waals surface area contributed by atoms with Crippen LogP contribution in [0.1, 0.15) is 114 Å². The van der Waals surface area contributed by atoms with Crippen LogP contribution < -0.4 is 10.9 Å². The van der Waals surface area contributed by atoms with Crippen LogP contribution in [0, 0.1) is 6.92 Å². The van der Waals surface area contributed by atoms with Crippen LogP contribution >= 0.6 is 0 Å². The summed E-state index contributed by atoms with van der Waals surface area (Å²) in [6, 6.07) is 13.4. The quantitative estimate of drug-likeness (QED) is 0.0982. The molecule has 0 unspecified atom stereocenters. The lowest BCUT2D eigenvalue weighted by Gasteiger charge is -2.43. The molecule has 14 heteroatoms. The number of hydrogen-bond acceptors (Lipinski definition) is 8. The number of carbonyl (C=O) groups is 3. The van der Waals surface area contributed by atoms with Crippen molar-refractivity contribution in [3.8, 4) is 0 Å². The van der Waals surface area contributed by atoms with Gasteiger partial charge in [0.25, 0.3) is 5.56 Å². The number of piperidine rings is 2. The zero-order valence-electron chi connectivity index (χ0n) is 39.0. The maximum Gasteiger partial charge on any atom is 0.411 e. The van der Waals surface area contributed by atoms with Crippen LogP contribution in [0.4, 0.5) is 9.59 Å². The highest BCUT2D eigenvalue weighted by Gasteiger charge is 2.34. The molecule has 3 fully saturated rings. The van der Waals surface area contributed by atoms with Crippen molar-refractivity contribution >= 4 is 39.8 Å². The number of ether oxygens (including phenoxy) is 1. The molecule has 0 aliphatic carbocycles. The molecule has 3 saturated heterocycles. The number of H-pyrrole nitrogens is 1. The Kier molecular flexibility index (Phi) is 16.7. The number of carbonyl (C=O) groups excluding carboxylic acids is 3. The van der Waals surface area contributed by atoms with E-state index in [0.29, 0.717) is 64.6 Å². The summed E-state index contributed by atoms with van der Waals surface area (Å²) in [5.74, 6) is -0.0249. The van der Waals surface area contributed by atoms with Gasteiger partial charge in [0.05, 0.1) is 5.52 Å². The number of para-hydroxylation sites is 1. The summed E-state index contributed by atoms with van der Waals surface area (Å²) < 4.78 is 7.51. The van der Waals surface area contributed by atoms with Crippen molar-refractivity contribution in [1.82, 2.24) is 44.6 Å². The number of piperazine rings is 1. The number of aromatic nitrogens is 3. The number of fused-ring (bicyclic) bond motifs is 2. The van der Waals surface area contributed by atoms with Crippen molar-refractivity contribution in [3.05, 3.63) is 75.7 Å². The number of hydrogen-bond donors (Lipinski definition) is 2. The van der Waals surface area contributed by atoms with E-state index in [0.717, 1.165) is 129 Å². The predicted molar refractivity (Wildman–Crippen MR) is 254 cm³/mol. The number of nitrogens with one attached hydrogen (secondary N) is 2. The van der Waals surface area contributed by atoms with E-state index in [2.05, 4.69) is 47.1 Å². The number of amides is 4. The van der Waals surface area contributed by atoms with Gasteiger partial charge in [-0.2, -0.15) is 5.10 Å². The van der Waals surface area contributed by atoms with Crippen LogP contribution in [0.2, 0.25) is 0 Å². The number of aromatic amines is 1. The predicted octanol–water partition coefficient (Wildman–Crippen LogP) is 7.48. The van der Waals surface area contributed by atoms with Crippen molar-refractivity contribution in [2.24, 2.45) is 0 Å². The molecule has 64 heavy (non-hydrogen) atoms. The molecule has 3 aliphatic heterocycles. The molecule has 4 amide bonds. The van der Waals surface area contributed by atoms with Crippen molar-refractivity contribution < 1.29 is 19.1 Å². The van der Waals surface area contributed by atoms with E-state index in [4.69, 9.17) is 9.84 Å². The molecular formula is C50H73N9O5. The third-order valence-corrected chi connectivity index (χ3v) is 13.9. The minimum Gasteiger partial charge on any atom is -0.426 e. The van der Waals surface area contributed by atoms with Crippen LogP contribution in [0.3, 0.4) is 0 Å². The maximum absolute atomic E-state index is 14.5. The number of unbranched alkanes of at least 4 members (excludes halogenated alkanes) is 6. The minimum atomic E-state index is -0.767. The van der Waals surface area contributed by atoms with Gasteiger partial charge in [-0.1, -0.05) is 76.6 Å². The molecule has 14 nitrogen and oxygen atoms in total. The van der Waals surface area contributed by atoms with Crippen molar-refractivity contribution in [1.29, 1.82) is 0 Å². The van der Waals surface area contributed by atoms with Crippen molar-refractivity contribution in [3.63, 3.8) is 0 Å². The lowest BCUT2D eigenvalue weighted by atomic mass is 9.89. The topological polar surface area (TPSA) is 139 Å². The minimum absolute atomic E-state index is 0.00928. The van der Waals surface area contributed by atoms with Gasteiger partial charge >= 0.3 is 12.1 Å². The molecule has 4 aromatic rings. The first-order valence-electron chi connectivity index (χ1n) is 24.4. The first kappa shape index (κ1) is 47.0. The molecule has 3 aliphatic rings. The zero-order valence-corrected chi connectivity index (χ0v) is 39.0. The first-order chi connectivity index (χ1) is 31.1. The fourth-order valence-corrected chi connectivity index (χ4v) is 10.0. The van der Waals surface area contributed by atoms with Crippen LogP contribution in [-0.2, 0) is 22.7 Å². The fraction of sp³-hybridized carbons (Fsp3) is 0.620. The van der Waals surface area contributed by atoms with Crippen molar-refractivity contribution in [2.75, 3.05) is 72.5 Å². The van der Waals surface area contributed by atoms with E-state index in [9.17, 15) is 19.2 Å². The number of nitrogens with zero attached hydrogens (tertiary/aromatic N) is 7. The molecule has 0 radical (unpaired) electrons. The van der Waals surface area contributed by atoms with Gasteiger partial charge in [-0.25, -0.2) is 14.3 Å². The average Bonchev–Trinajstić information content (AvgIpc) is 3.73. The summed E-state index contributed by atoms with van der Waals surface area (Å²) in [4.78, 5) is 68.6. The number of likely N-dealkylation sites (tertiary alicyclic amines) is 2. The summed E-state index contributed by atoms with van der Waals surface area (Å²) in [6.07, 6.45) is 14.3. The maximum atomic E-state index is 14.5. The van der Waals surface area contributed by atoms with E-state index in [1.807, 2.05) is 59.3 Å². The van der Waals surface area contributed by atoms with Gasteiger partial charge in [0.1, 0.15) is 6.04 Å². The monoisotopic (exact) mass is 880 g/mol. The third kappa shape index (κ3) is 12.2. The molecule has 0 saturated carbocycles. The number of rotatable bonds is 18. The standard InChI is InChI=1S/C50H73N9O5/c1-5-7-9-13-21-58(22-14-10-8-6-2)50(63)64-36-59-35-41-32-38(31-37(3)46(41)53-59)33-45(48(61)56-29-27-55(28-30-56)42-19-23-54(4)24-20-42)52-49(62)57-25-17-39(18-26-57)43-34-40-15-11-12-16-44(40)51-47(43)60/h11-12,15-16,31-32,34-35,39,42,45H,5-10,13-14,17-30,33,36H2,1-4H3,(H,51,60)(H,52,62)/t45-/m1/s1. The molecular weight excluding hydrogens is 807 g/mol. The van der Waals surface area contributed by atoms with Crippen LogP contribution in [-0.4, -0.2) is 142 Å². The molecule has 348 valence electrons. The molecule has 5 heterocycles. The smallest absolute Gasteiger partial charge is 0.411 e. The first-order valence-corrected chi connectivity index (χ1v) is 24.4. The average molecular weight is 880 g/mol. The molecule has 2 N–H and O–H groups in total. The van der Waals surface area contributed by atoms with E-state index in [1.54, 1.807) is 9.58 Å². The van der Waals surface area contributed by atoms with Gasteiger partial charge < -0.3 is 34.6 Å². The molecule has 7 rings (SSSR count). The zero-order chi connectivity index (χ0) is 45.0. The Morgan fingerprint density at radius 3 is 2.20 bits per heavy atom. The second-order valence-corrected chi connectivity index (χ2v) is 18.7. The number of urea groups is 1. The van der Waals surface area contributed by atoms with Gasteiger partial charge in [-0.3, -0.25) is 14.5 Å². The van der Waals surface area contributed by atoms with E-state index in [1.165, 1.54) is 0 Å². The van der Waals surface area contributed by atoms with Crippen LogP contribution in [0.15, 0.2) is 53.5 Å². The molecule has 0 spiro atoms. The third-order valence-electron chi connectivity index (χ3n) is 13.9. The van der Waals surface area contributed by atoms with E-state index < -0.39 is 6.04 Å². The lowest BCUT2D eigenvalue weighted by molar-refractivity contribution is -0.135. The van der Waals surface area contributed by atoms with Gasteiger partial charge in [-0.05, 0) is 106 Å². The molecule has 1 atom stereocenters. The normalized spacial score (nSPS) is 17.6. The highest BCUT2D eigenvalue weighted by atomic mass is 16.6. The summed E-state index contributed by atoms with van der Waals surface area (Å²) in [6.45, 7) is 13.9. The van der Waals surface area contributed by atoms with Crippen LogP contribution in [0.5, 0.6) is 0 Å². The number of pyridine rings is 1. The molecule has 0 bridgehead atoms. The second-order valence-electron chi connectivity index (χ2n) is 18.7. The van der Waals surface area contributed by atoms with Gasteiger partial charge in [-0.15, -0.1) is 0 Å². The Hall–Kier alpha value is -4.95. The highest BCUT2D eigenvalue weighted by molar-refractivity contribution is 5.88. The molecule has 2 aromatic carbocycles. The largest absolute Gasteiger partial charge is 0.426 e. The summed E-state index contributed by atoms with van der Waals surface area (Å²) in [5.41, 5.74) is 4.18.